The highest BCUT2D eigenvalue weighted by Gasteiger charge is 2.27. The van der Waals surface area contributed by atoms with E-state index in [-0.39, 0.29) is 32.0 Å². The van der Waals surface area contributed by atoms with Gasteiger partial charge in [-0.05, 0) is 128 Å². The van der Waals surface area contributed by atoms with E-state index in [1.807, 2.05) is 21.1 Å². The molecule has 0 fully saturated rings. The lowest BCUT2D eigenvalue weighted by atomic mass is 10.0. The molecule has 0 radical (unpaired) electrons. The minimum absolute atomic E-state index is 0.0202. The monoisotopic (exact) mass is 1440 g/mol. The molecule has 0 aromatic rings. The topological polar surface area (TPSA) is 108 Å². The second-order valence-electron chi connectivity index (χ2n) is 29.1. The van der Waals surface area contributed by atoms with Gasteiger partial charge in [0.1, 0.15) is 19.8 Å². The predicted octanol–water partition coefficient (Wildman–Crippen LogP) is 28.6. The van der Waals surface area contributed by atoms with Crippen molar-refractivity contribution in [3.8, 4) is 0 Å². The quantitative estimate of drug-likeness (QED) is 0.0211. The fourth-order valence-electron chi connectivity index (χ4n) is 11.6. The third-order valence-corrected chi connectivity index (χ3v) is 19.0. The highest BCUT2D eigenvalue weighted by atomic mass is 31.2. The zero-order valence-corrected chi connectivity index (χ0v) is 67.7. The van der Waals surface area contributed by atoms with Crippen LogP contribution in [0.5, 0.6) is 0 Å². The molecule has 584 valence electrons. The summed E-state index contributed by atoms with van der Waals surface area (Å²) in [6.07, 6.45) is 121. The lowest BCUT2D eigenvalue weighted by Gasteiger charge is -2.24. The van der Waals surface area contributed by atoms with Crippen LogP contribution in [0.2, 0.25) is 0 Å². The first kappa shape index (κ1) is 97.6. The molecular weight excluding hydrogens is 1280 g/mol. The van der Waals surface area contributed by atoms with Crippen molar-refractivity contribution in [3.63, 3.8) is 0 Å². The number of phosphoric acid groups is 1. The summed E-state index contributed by atoms with van der Waals surface area (Å²) in [5.74, 6) is -0.823. The Bertz CT molecular complexity index is 2290. The molecular formula is C92H159NO8P+. The minimum atomic E-state index is -4.41. The Balaban J connectivity index is 4.04. The van der Waals surface area contributed by atoms with Gasteiger partial charge in [0.25, 0.3) is 0 Å². The lowest BCUT2D eigenvalue weighted by Crippen LogP contribution is -2.37. The van der Waals surface area contributed by atoms with Crippen molar-refractivity contribution in [1.29, 1.82) is 0 Å². The van der Waals surface area contributed by atoms with Crippen molar-refractivity contribution in [3.05, 3.63) is 158 Å². The number of nitrogens with zero attached hydrogens (tertiary/aromatic N) is 1. The first-order chi connectivity index (χ1) is 50.0. The Morgan fingerprint density at radius 2 is 0.559 bits per heavy atom. The van der Waals surface area contributed by atoms with Crippen molar-refractivity contribution in [2.45, 2.75) is 367 Å². The zero-order valence-electron chi connectivity index (χ0n) is 66.8. The molecule has 0 amide bonds. The van der Waals surface area contributed by atoms with E-state index in [1.54, 1.807) is 0 Å². The minimum Gasteiger partial charge on any atom is -0.462 e. The van der Waals surface area contributed by atoms with Crippen LogP contribution in [0, 0.1) is 0 Å². The first-order valence-electron chi connectivity index (χ1n) is 42.2. The van der Waals surface area contributed by atoms with Gasteiger partial charge in [0.2, 0.25) is 0 Å². The summed E-state index contributed by atoms with van der Waals surface area (Å²) in [4.78, 5) is 36.0. The number of carbonyl (C=O) groups is 2. The van der Waals surface area contributed by atoms with E-state index in [9.17, 15) is 19.0 Å². The number of likely N-dealkylation sites (N-methyl/N-ethyl adjacent to an activating group) is 1. The molecule has 0 aromatic carbocycles. The van der Waals surface area contributed by atoms with Crippen LogP contribution >= 0.6 is 7.82 Å². The Hall–Kier alpha value is -4.37. The van der Waals surface area contributed by atoms with Crippen molar-refractivity contribution in [1.82, 2.24) is 0 Å². The van der Waals surface area contributed by atoms with E-state index in [1.165, 1.54) is 205 Å². The number of quaternary nitrogens is 1. The van der Waals surface area contributed by atoms with Crippen molar-refractivity contribution in [2.75, 3.05) is 47.5 Å². The number of hydrogen-bond donors (Lipinski definition) is 1. The Labute approximate surface area is 630 Å². The highest BCUT2D eigenvalue weighted by Crippen LogP contribution is 2.43. The van der Waals surface area contributed by atoms with Gasteiger partial charge in [-0.1, -0.05) is 377 Å². The van der Waals surface area contributed by atoms with Crippen LogP contribution in [-0.4, -0.2) is 74.9 Å². The number of unbranched alkanes of at least 4 members (excludes halogenated alkanes) is 37. The standard InChI is InChI=1S/C92H158NO8P/c1-6-8-10-12-14-16-18-20-22-24-26-28-30-32-34-36-38-40-42-44-45-46-47-49-51-53-55-57-59-61-63-65-67-69-71-73-75-77-79-81-83-85-92(95)101-90(89-100-102(96,97)99-87-86-93(3,4)5)88-98-91(94)84-82-80-78-76-74-72-70-68-66-64-62-60-58-56-54-52-50-48-43-41-39-37-35-33-31-29-27-25-23-21-19-17-15-13-11-9-7-2/h8,10,14,16,20,22,25-28,32,34,38,40,44-45,47,49,53,55,59,61,65,67,71,73,90H,6-7,9,11-13,15,17-19,21,23-24,29-31,33,35-37,39,41-43,46,48,50-52,54,56-58,60,62-64,66,68-70,72,74-89H2,1-5H3/p+1/b10-8-,16-14-,22-20-,27-25-,28-26-,34-32-,40-38-,45-44-,49-47-,55-53-,61-59-,67-65-,73-71-. The molecule has 0 rings (SSSR count). The van der Waals surface area contributed by atoms with Gasteiger partial charge in [0.05, 0.1) is 27.7 Å². The number of ether oxygens (including phenoxy) is 2. The van der Waals surface area contributed by atoms with Gasteiger partial charge >= 0.3 is 19.8 Å². The van der Waals surface area contributed by atoms with E-state index in [2.05, 4.69) is 172 Å². The number of allylic oxidation sites excluding steroid dienone is 26. The molecule has 10 heteroatoms. The van der Waals surface area contributed by atoms with Gasteiger partial charge in [-0.25, -0.2) is 4.57 Å². The number of rotatable bonds is 77. The third kappa shape index (κ3) is 84.6. The van der Waals surface area contributed by atoms with Gasteiger partial charge in [0.15, 0.2) is 6.10 Å². The smallest absolute Gasteiger partial charge is 0.462 e. The normalized spacial score (nSPS) is 13.8. The van der Waals surface area contributed by atoms with Gasteiger partial charge in [0, 0.05) is 12.8 Å². The van der Waals surface area contributed by atoms with Crippen LogP contribution in [-0.2, 0) is 32.7 Å². The van der Waals surface area contributed by atoms with Crippen molar-refractivity contribution in [2.24, 2.45) is 0 Å². The summed E-state index contributed by atoms with van der Waals surface area (Å²) >= 11 is 0. The molecule has 1 N–H and O–H groups in total. The summed E-state index contributed by atoms with van der Waals surface area (Å²) < 4.78 is 34.8. The van der Waals surface area contributed by atoms with Crippen LogP contribution < -0.4 is 0 Å². The lowest BCUT2D eigenvalue weighted by molar-refractivity contribution is -0.870. The molecule has 0 aliphatic heterocycles. The van der Waals surface area contributed by atoms with Gasteiger partial charge in [-0.2, -0.15) is 0 Å². The fourth-order valence-corrected chi connectivity index (χ4v) is 12.4. The summed E-state index contributed by atoms with van der Waals surface area (Å²) in [7, 11) is 1.45. The van der Waals surface area contributed by atoms with Crippen LogP contribution in [0.1, 0.15) is 361 Å². The van der Waals surface area contributed by atoms with Crippen LogP contribution in [0.25, 0.3) is 0 Å². The van der Waals surface area contributed by atoms with E-state index < -0.39 is 26.5 Å². The Morgan fingerprint density at radius 1 is 0.314 bits per heavy atom. The highest BCUT2D eigenvalue weighted by molar-refractivity contribution is 7.47. The molecule has 2 unspecified atom stereocenters. The van der Waals surface area contributed by atoms with E-state index in [0.29, 0.717) is 17.4 Å². The molecule has 102 heavy (non-hydrogen) atoms. The molecule has 2 atom stereocenters. The van der Waals surface area contributed by atoms with Crippen molar-refractivity contribution < 1.29 is 42.1 Å². The second kappa shape index (κ2) is 80.7. The fraction of sp³-hybridized carbons (Fsp3) is 0.696. The van der Waals surface area contributed by atoms with E-state index >= 15 is 0 Å². The zero-order chi connectivity index (χ0) is 74.0. The maximum atomic E-state index is 12.9. The molecule has 0 bridgehead atoms. The van der Waals surface area contributed by atoms with Crippen LogP contribution in [0.4, 0.5) is 0 Å². The summed E-state index contributed by atoms with van der Waals surface area (Å²) in [5.41, 5.74) is 0. The average molecular weight is 1440 g/mol. The summed E-state index contributed by atoms with van der Waals surface area (Å²) in [6.45, 7) is 4.31. The number of carbonyl (C=O) groups excluding carboxylic acids is 2. The first-order valence-corrected chi connectivity index (χ1v) is 43.7. The molecule has 0 aliphatic carbocycles. The Kier molecular flexibility index (Phi) is 77.3. The maximum Gasteiger partial charge on any atom is 0.472 e. The SMILES string of the molecule is CC/C=C\C/C=C\C/C=C\C/C=C\C/C=C\C/C=C\C/C=C\C/C=C\C/C=C\C/C=C\C/C=C\C/C=C\CCCCCCC(=O)OC(COC(=O)CCCCCCCCCCCCCCCCCCCCCCCCCCC/C=C\CCCCCCCCCC)COP(=O)(O)OCC[N+](C)(C)C. The third-order valence-electron chi connectivity index (χ3n) is 18.0. The molecule has 0 spiro atoms. The van der Waals surface area contributed by atoms with Crippen molar-refractivity contribution >= 4 is 19.8 Å². The molecule has 0 aromatic heterocycles. The predicted molar refractivity (Wildman–Crippen MR) is 445 cm³/mol. The van der Waals surface area contributed by atoms with E-state index in [0.717, 1.165) is 122 Å². The molecule has 9 nitrogen and oxygen atoms in total. The van der Waals surface area contributed by atoms with Gasteiger partial charge in [-0.3, -0.25) is 18.6 Å². The Morgan fingerprint density at radius 3 is 0.843 bits per heavy atom. The molecule has 0 aliphatic rings. The number of hydrogen-bond acceptors (Lipinski definition) is 7. The summed E-state index contributed by atoms with van der Waals surface area (Å²) in [5, 5.41) is 0. The largest absolute Gasteiger partial charge is 0.472 e. The molecule has 0 heterocycles. The van der Waals surface area contributed by atoms with Crippen LogP contribution in [0.15, 0.2) is 158 Å². The maximum absolute atomic E-state index is 12.9. The summed E-state index contributed by atoms with van der Waals surface area (Å²) in [6, 6.07) is 0. The molecule has 0 saturated heterocycles. The van der Waals surface area contributed by atoms with Gasteiger partial charge in [-0.15, -0.1) is 0 Å². The second-order valence-corrected chi connectivity index (χ2v) is 30.6. The average Bonchev–Trinajstić information content (AvgIpc) is 0.916. The van der Waals surface area contributed by atoms with Gasteiger partial charge < -0.3 is 18.9 Å². The van der Waals surface area contributed by atoms with E-state index in [4.69, 9.17) is 18.5 Å². The number of esters is 2. The molecule has 0 saturated carbocycles. The number of phosphoric ester groups is 1. The van der Waals surface area contributed by atoms with Crippen LogP contribution in [0.3, 0.4) is 0 Å².